The Bertz CT molecular complexity index is 1640. The quantitative estimate of drug-likeness (QED) is 0.374. The average Bonchev–Trinajstić information content (AvgIpc) is 3.25. The number of halogens is 2. The number of primary amides is 1. The molecule has 1 fully saturated rings. The Balaban J connectivity index is 1.39. The van der Waals surface area contributed by atoms with Gasteiger partial charge in [0.05, 0.1) is 28.0 Å². The molecule has 9 nitrogen and oxygen atoms in total. The molecule has 6 rings (SSSR count). The topological polar surface area (TPSA) is 109 Å². The summed E-state index contributed by atoms with van der Waals surface area (Å²) in [6.07, 6.45) is 2.91. The number of nitrogens with zero attached hydrogens (tertiary/aromatic N) is 5. The van der Waals surface area contributed by atoms with Crippen LogP contribution in [0.2, 0.25) is 5.02 Å². The van der Waals surface area contributed by atoms with Gasteiger partial charge in [-0.05, 0) is 62.3 Å². The van der Waals surface area contributed by atoms with Crippen molar-refractivity contribution < 1.29 is 14.0 Å². The van der Waals surface area contributed by atoms with Crippen LogP contribution in [0.15, 0.2) is 60.8 Å². The summed E-state index contributed by atoms with van der Waals surface area (Å²) < 4.78 is 15.3. The monoisotopic (exact) mass is 573 g/mol. The molecule has 2 aromatic carbocycles. The van der Waals surface area contributed by atoms with Gasteiger partial charge in [-0.1, -0.05) is 35.9 Å². The smallest absolute Gasteiger partial charge is 0.269 e. The van der Waals surface area contributed by atoms with Crippen LogP contribution >= 0.6 is 11.6 Å². The van der Waals surface area contributed by atoms with Crippen LogP contribution in [0.5, 0.6) is 0 Å². The van der Waals surface area contributed by atoms with Crippen LogP contribution < -0.4 is 16.0 Å². The Labute approximate surface area is 241 Å². The average molecular weight is 574 g/mol. The number of anilines is 1. The number of aromatic nitrogens is 3. The van der Waals surface area contributed by atoms with Gasteiger partial charge < -0.3 is 20.9 Å². The minimum atomic E-state index is -0.726. The molecule has 3 N–H and O–H groups in total. The minimum absolute atomic E-state index is 0.0410. The lowest BCUT2D eigenvalue weighted by Crippen LogP contribution is -2.34. The molecule has 1 aliphatic carbocycles. The van der Waals surface area contributed by atoms with E-state index >= 15 is 0 Å². The third-order valence-electron chi connectivity index (χ3n) is 7.71. The molecule has 2 aliphatic rings. The molecule has 3 heterocycles. The van der Waals surface area contributed by atoms with Crippen molar-refractivity contribution in [2.24, 2.45) is 5.73 Å². The fourth-order valence-electron chi connectivity index (χ4n) is 5.63. The number of amides is 2. The summed E-state index contributed by atoms with van der Waals surface area (Å²) in [5, 5.41) is 7.87. The number of rotatable bonds is 5. The van der Waals surface area contributed by atoms with Gasteiger partial charge in [0.1, 0.15) is 11.6 Å². The number of carbonyl (C=O) groups excluding carboxylic acids is 2. The highest BCUT2D eigenvalue weighted by Gasteiger charge is 2.35. The van der Waals surface area contributed by atoms with Crippen molar-refractivity contribution in [1.82, 2.24) is 25.0 Å². The third-order valence-corrected chi connectivity index (χ3v) is 8.01. The van der Waals surface area contributed by atoms with Crippen LogP contribution in [0.25, 0.3) is 16.9 Å². The van der Waals surface area contributed by atoms with E-state index in [0.29, 0.717) is 34.7 Å². The number of nitrogens with two attached hydrogens (primary N) is 1. The van der Waals surface area contributed by atoms with E-state index in [-0.39, 0.29) is 10.7 Å². The summed E-state index contributed by atoms with van der Waals surface area (Å²) in [6.45, 7) is 3.51. The SMILES string of the molecule is CN1CCCN(c2cc(C(=O)NC3Cc4ccccc4-c4c3c(C(N)=O)nn4-c3ccc(F)cc3)c(Cl)cn2)CC1. The summed E-state index contributed by atoms with van der Waals surface area (Å²) in [4.78, 5) is 35.3. The normalized spacial score (nSPS) is 17.0. The van der Waals surface area contributed by atoms with Crippen LogP contribution in [-0.4, -0.2) is 64.7 Å². The zero-order valence-electron chi connectivity index (χ0n) is 22.5. The Kier molecular flexibility index (Phi) is 7.19. The molecule has 1 unspecified atom stereocenters. The molecule has 1 atom stereocenters. The molecule has 1 aliphatic heterocycles. The second-order valence-corrected chi connectivity index (χ2v) is 10.8. The van der Waals surface area contributed by atoms with E-state index in [9.17, 15) is 14.0 Å². The highest BCUT2D eigenvalue weighted by molar-refractivity contribution is 6.33. The maximum Gasteiger partial charge on any atom is 0.269 e. The molecule has 11 heteroatoms. The lowest BCUT2D eigenvalue weighted by atomic mass is 9.85. The second kappa shape index (κ2) is 10.9. The molecule has 2 aromatic heterocycles. The maximum atomic E-state index is 13.8. The number of nitrogens with one attached hydrogen (secondary N) is 1. The first-order valence-corrected chi connectivity index (χ1v) is 13.8. The number of hydrogen-bond acceptors (Lipinski definition) is 6. The van der Waals surface area contributed by atoms with Crippen molar-refractivity contribution in [3.63, 3.8) is 0 Å². The first-order chi connectivity index (χ1) is 19.8. The summed E-state index contributed by atoms with van der Waals surface area (Å²) in [5.74, 6) is -0.829. The number of fused-ring (bicyclic) bond motifs is 3. The van der Waals surface area contributed by atoms with Gasteiger partial charge in [0.25, 0.3) is 11.8 Å². The number of hydrogen-bond donors (Lipinski definition) is 2. The highest BCUT2D eigenvalue weighted by atomic mass is 35.5. The van der Waals surface area contributed by atoms with Crippen LogP contribution in [0.4, 0.5) is 10.2 Å². The summed E-state index contributed by atoms with van der Waals surface area (Å²) in [5.41, 5.74) is 9.63. The van der Waals surface area contributed by atoms with Gasteiger partial charge >= 0.3 is 0 Å². The second-order valence-electron chi connectivity index (χ2n) is 10.4. The predicted molar refractivity (Wildman–Crippen MR) is 155 cm³/mol. The Hall–Kier alpha value is -4.28. The number of benzene rings is 2. The van der Waals surface area contributed by atoms with Crippen LogP contribution in [0.1, 0.15) is 44.4 Å². The van der Waals surface area contributed by atoms with Gasteiger partial charge in [0, 0.05) is 37.0 Å². The number of likely N-dealkylation sites (N-methyl/N-ethyl adjacent to an activating group) is 1. The molecule has 0 spiro atoms. The van der Waals surface area contributed by atoms with Gasteiger partial charge in [-0.2, -0.15) is 5.10 Å². The standard InChI is InChI=1S/C30H29ClFN7O2/c1-37-11-4-12-38(14-13-37)25-16-22(23(31)17-34-25)30(41)35-24-15-18-5-2-3-6-21(18)28-26(24)27(29(33)40)36-39(28)20-9-7-19(32)8-10-20/h2-3,5-10,16-17,24H,4,11-15H2,1H3,(H2,33,40)(H,35,41). The van der Waals surface area contributed by atoms with E-state index in [2.05, 4.69) is 32.2 Å². The van der Waals surface area contributed by atoms with Crippen LogP contribution in [-0.2, 0) is 6.42 Å². The predicted octanol–water partition coefficient (Wildman–Crippen LogP) is 3.99. The van der Waals surface area contributed by atoms with Crippen molar-refractivity contribution in [3.05, 3.63) is 94.0 Å². The third kappa shape index (κ3) is 5.16. The van der Waals surface area contributed by atoms with Gasteiger partial charge in [0.2, 0.25) is 0 Å². The van der Waals surface area contributed by atoms with E-state index < -0.39 is 23.7 Å². The van der Waals surface area contributed by atoms with E-state index in [1.54, 1.807) is 22.9 Å². The first-order valence-electron chi connectivity index (χ1n) is 13.5. The van der Waals surface area contributed by atoms with Gasteiger partial charge in [-0.25, -0.2) is 14.1 Å². The minimum Gasteiger partial charge on any atom is -0.364 e. The molecular weight excluding hydrogens is 545 g/mol. The zero-order chi connectivity index (χ0) is 28.7. The van der Waals surface area contributed by atoms with Gasteiger partial charge in [-0.3, -0.25) is 9.59 Å². The maximum absolute atomic E-state index is 13.8. The van der Waals surface area contributed by atoms with Crippen molar-refractivity contribution in [2.75, 3.05) is 38.1 Å². The van der Waals surface area contributed by atoms with E-state index in [1.165, 1.54) is 18.3 Å². The molecule has 2 amide bonds. The first kappa shape index (κ1) is 26.9. The summed E-state index contributed by atoms with van der Waals surface area (Å²) in [7, 11) is 2.09. The molecular formula is C30H29ClFN7O2. The highest BCUT2D eigenvalue weighted by Crippen LogP contribution is 2.42. The molecule has 4 aromatic rings. The molecule has 210 valence electrons. The molecule has 0 saturated carbocycles. The summed E-state index contributed by atoms with van der Waals surface area (Å²) >= 11 is 6.49. The number of pyridine rings is 1. The molecule has 1 saturated heterocycles. The van der Waals surface area contributed by atoms with E-state index in [1.807, 2.05) is 24.3 Å². The van der Waals surface area contributed by atoms with Gasteiger partial charge in [-0.15, -0.1) is 0 Å². The van der Waals surface area contributed by atoms with Crippen molar-refractivity contribution in [2.45, 2.75) is 18.9 Å². The summed E-state index contributed by atoms with van der Waals surface area (Å²) in [6, 6.07) is 14.6. The molecule has 0 bridgehead atoms. The van der Waals surface area contributed by atoms with Crippen molar-refractivity contribution in [3.8, 4) is 16.9 Å². The lowest BCUT2D eigenvalue weighted by molar-refractivity contribution is 0.0931. The van der Waals surface area contributed by atoms with Gasteiger partial charge in [0.15, 0.2) is 5.69 Å². The van der Waals surface area contributed by atoms with E-state index in [0.717, 1.165) is 43.7 Å². The largest absolute Gasteiger partial charge is 0.364 e. The van der Waals surface area contributed by atoms with Crippen molar-refractivity contribution in [1.29, 1.82) is 0 Å². The number of carbonyl (C=O) groups is 2. The molecule has 0 radical (unpaired) electrons. The van der Waals surface area contributed by atoms with Crippen LogP contribution in [0, 0.1) is 5.82 Å². The zero-order valence-corrected chi connectivity index (χ0v) is 23.2. The van der Waals surface area contributed by atoms with E-state index in [4.69, 9.17) is 17.3 Å². The van der Waals surface area contributed by atoms with Crippen molar-refractivity contribution >= 4 is 29.2 Å². The van der Waals surface area contributed by atoms with Crippen LogP contribution in [0.3, 0.4) is 0 Å². The fourth-order valence-corrected chi connectivity index (χ4v) is 5.82. The Morgan fingerprint density at radius 3 is 2.63 bits per heavy atom. The fraction of sp³-hybridized carbons (Fsp3) is 0.267. The Morgan fingerprint density at radius 2 is 1.85 bits per heavy atom. The molecule has 41 heavy (non-hydrogen) atoms. The Morgan fingerprint density at radius 1 is 1.07 bits per heavy atom. The lowest BCUT2D eigenvalue weighted by Gasteiger charge is -2.27.